The van der Waals surface area contributed by atoms with Crippen LogP contribution < -0.4 is 11.1 Å². The average Bonchev–Trinajstić information content (AvgIpc) is 2.27. The van der Waals surface area contributed by atoms with Crippen molar-refractivity contribution in [1.29, 1.82) is 0 Å². The fraction of sp³-hybridized carbons (Fsp3) is 0.300. The molecule has 0 spiro atoms. The zero-order chi connectivity index (χ0) is 9.26. The molecule has 68 valence electrons. The van der Waals surface area contributed by atoms with E-state index in [0.29, 0.717) is 6.42 Å². The van der Waals surface area contributed by atoms with Crippen molar-refractivity contribution < 1.29 is 4.79 Å². The lowest BCUT2D eigenvalue weighted by Gasteiger charge is -2.08. The zero-order valence-corrected chi connectivity index (χ0v) is 7.34. The first-order valence-electron chi connectivity index (χ1n) is 4.44. The van der Waals surface area contributed by atoms with Crippen molar-refractivity contribution in [2.45, 2.75) is 19.3 Å². The normalized spacial score (nSPS) is 15.8. The fourth-order valence-corrected chi connectivity index (χ4v) is 1.64. The largest absolute Gasteiger partial charge is 0.398 e. The summed E-state index contributed by atoms with van der Waals surface area (Å²) in [5.41, 5.74) is 8.54. The lowest BCUT2D eigenvalue weighted by atomic mass is 10.1. The monoisotopic (exact) mass is 176 g/mol. The molecule has 0 radical (unpaired) electrons. The number of fused-ring (bicyclic) bond motifs is 1. The second-order valence-electron chi connectivity index (χ2n) is 3.28. The second kappa shape index (κ2) is 3.09. The number of nitrogens with one attached hydrogen (secondary N) is 1. The number of carbonyl (C=O) groups excluding carboxylic acids is 1. The Balaban J connectivity index is 2.45. The van der Waals surface area contributed by atoms with Gasteiger partial charge in [-0.05, 0) is 30.5 Å². The molecule has 0 unspecified atom stereocenters. The van der Waals surface area contributed by atoms with Gasteiger partial charge in [0.2, 0.25) is 5.91 Å². The number of nitrogens with two attached hydrogens (primary N) is 1. The minimum atomic E-state index is 0.0874. The van der Waals surface area contributed by atoms with Crippen LogP contribution in [0.1, 0.15) is 18.4 Å². The number of hydrogen-bond donors (Lipinski definition) is 2. The van der Waals surface area contributed by atoms with E-state index in [-0.39, 0.29) is 5.91 Å². The van der Waals surface area contributed by atoms with Crippen molar-refractivity contribution in [3.05, 3.63) is 23.8 Å². The maximum absolute atomic E-state index is 11.2. The maximum atomic E-state index is 11.2. The van der Waals surface area contributed by atoms with Gasteiger partial charge in [-0.3, -0.25) is 4.79 Å². The molecule has 1 aromatic carbocycles. The van der Waals surface area contributed by atoms with Crippen molar-refractivity contribution >= 4 is 17.3 Å². The first-order valence-corrected chi connectivity index (χ1v) is 4.44. The number of anilines is 2. The summed E-state index contributed by atoms with van der Waals surface area (Å²) < 4.78 is 0. The summed E-state index contributed by atoms with van der Waals surface area (Å²) in [6.45, 7) is 0. The second-order valence-corrected chi connectivity index (χ2v) is 3.28. The summed E-state index contributed by atoms with van der Waals surface area (Å²) >= 11 is 0. The SMILES string of the molecule is Nc1cccc2c1CCCC(=O)N2. The Labute approximate surface area is 76.9 Å². The van der Waals surface area contributed by atoms with E-state index < -0.39 is 0 Å². The van der Waals surface area contributed by atoms with E-state index in [1.807, 2.05) is 18.2 Å². The minimum absolute atomic E-state index is 0.0874. The highest BCUT2D eigenvalue weighted by Gasteiger charge is 2.13. The van der Waals surface area contributed by atoms with Gasteiger partial charge in [0.15, 0.2) is 0 Å². The number of carbonyl (C=O) groups is 1. The van der Waals surface area contributed by atoms with Gasteiger partial charge < -0.3 is 11.1 Å². The van der Waals surface area contributed by atoms with Crippen LogP contribution in [0.3, 0.4) is 0 Å². The molecule has 0 fully saturated rings. The molecule has 0 bridgehead atoms. The lowest BCUT2D eigenvalue weighted by molar-refractivity contribution is -0.116. The van der Waals surface area contributed by atoms with E-state index in [2.05, 4.69) is 5.32 Å². The van der Waals surface area contributed by atoms with Crippen LogP contribution in [-0.2, 0) is 11.2 Å². The molecule has 0 aliphatic carbocycles. The van der Waals surface area contributed by atoms with Gasteiger partial charge in [-0.25, -0.2) is 0 Å². The summed E-state index contributed by atoms with van der Waals surface area (Å²) in [6.07, 6.45) is 2.36. The van der Waals surface area contributed by atoms with E-state index in [4.69, 9.17) is 5.73 Å². The Kier molecular flexibility index (Phi) is 1.93. The molecule has 0 aromatic heterocycles. The van der Waals surface area contributed by atoms with E-state index in [1.165, 1.54) is 0 Å². The molecule has 1 aliphatic rings. The van der Waals surface area contributed by atoms with Gasteiger partial charge in [0.05, 0.1) is 0 Å². The van der Waals surface area contributed by atoms with Crippen LogP contribution >= 0.6 is 0 Å². The van der Waals surface area contributed by atoms with Crippen LogP contribution in [0.5, 0.6) is 0 Å². The van der Waals surface area contributed by atoms with E-state index in [1.54, 1.807) is 0 Å². The summed E-state index contributed by atoms with van der Waals surface area (Å²) in [5, 5.41) is 2.84. The topological polar surface area (TPSA) is 55.1 Å². The molecule has 0 atom stereocenters. The molecule has 3 heteroatoms. The van der Waals surface area contributed by atoms with Crippen LogP contribution in [0.15, 0.2) is 18.2 Å². The van der Waals surface area contributed by atoms with Crippen LogP contribution in [-0.4, -0.2) is 5.91 Å². The smallest absolute Gasteiger partial charge is 0.224 e. The van der Waals surface area contributed by atoms with Gasteiger partial charge in [0, 0.05) is 17.8 Å². The predicted octanol–water partition coefficient (Wildman–Crippen LogP) is 1.54. The molecule has 3 nitrogen and oxygen atoms in total. The Hall–Kier alpha value is -1.51. The summed E-state index contributed by atoms with van der Waals surface area (Å²) in [5.74, 6) is 0.0874. The van der Waals surface area contributed by atoms with Gasteiger partial charge in [-0.15, -0.1) is 0 Å². The van der Waals surface area contributed by atoms with Crippen molar-refractivity contribution in [3.8, 4) is 0 Å². The standard InChI is InChI=1S/C10H12N2O/c11-8-4-2-5-9-7(8)3-1-6-10(13)12-9/h2,4-5H,1,3,6,11H2,(H,12,13). The average molecular weight is 176 g/mol. The third-order valence-corrected chi connectivity index (χ3v) is 2.32. The molecule has 2 rings (SSSR count). The quantitative estimate of drug-likeness (QED) is 0.589. The zero-order valence-electron chi connectivity index (χ0n) is 7.34. The van der Waals surface area contributed by atoms with Crippen molar-refractivity contribution in [3.63, 3.8) is 0 Å². The summed E-state index contributed by atoms with van der Waals surface area (Å²) in [6, 6.07) is 5.63. The molecule has 0 saturated carbocycles. The third kappa shape index (κ3) is 1.49. The van der Waals surface area contributed by atoms with Crippen LogP contribution in [0.25, 0.3) is 0 Å². The highest BCUT2D eigenvalue weighted by Crippen LogP contribution is 2.26. The molecule has 3 N–H and O–H groups in total. The number of nitrogen functional groups attached to an aromatic ring is 1. The van der Waals surface area contributed by atoms with Crippen molar-refractivity contribution in [2.24, 2.45) is 0 Å². The number of hydrogen-bond acceptors (Lipinski definition) is 2. The van der Waals surface area contributed by atoms with Gasteiger partial charge in [0.25, 0.3) is 0 Å². The molecule has 1 aromatic rings. The van der Waals surface area contributed by atoms with E-state index in [0.717, 1.165) is 29.8 Å². The van der Waals surface area contributed by atoms with Gasteiger partial charge in [-0.2, -0.15) is 0 Å². The lowest BCUT2D eigenvalue weighted by Crippen LogP contribution is -2.09. The number of amides is 1. The third-order valence-electron chi connectivity index (χ3n) is 2.32. The molecule has 0 saturated heterocycles. The van der Waals surface area contributed by atoms with Gasteiger partial charge >= 0.3 is 0 Å². The van der Waals surface area contributed by atoms with Crippen LogP contribution in [0, 0.1) is 0 Å². The summed E-state index contributed by atoms with van der Waals surface area (Å²) in [7, 11) is 0. The van der Waals surface area contributed by atoms with E-state index >= 15 is 0 Å². The Bertz CT molecular complexity index is 347. The molecule has 1 heterocycles. The van der Waals surface area contributed by atoms with Gasteiger partial charge in [-0.1, -0.05) is 6.07 Å². The highest BCUT2D eigenvalue weighted by molar-refractivity contribution is 5.93. The molecular formula is C10H12N2O. The summed E-state index contributed by atoms with van der Waals surface area (Å²) in [4.78, 5) is 11.2. The minimum Gasteiger partial charge on any atom is -0.398 e. The Morgan fingerprint density at radius 1 is 1.31 bits per heavy atom. The van der Waals surface area contributed by atoms with Crippen molar-refractivity contribution in [1.82, 2.24) is 0 Å². The fourth-order valence-electron chi connectivity index (χ4n) is 1.64. The molecular weight excluding hydrogens is 164 g/mol. The molecule has 1 aliphatic heterocycles. The Morgan fingerprint density at radius 2 is 2.15 bits per heavy atom. The number of rotatable bonds is 0. The van der Waals surface area contributed by atoms with Crippen molar-refractivity contribution in [2.75, 3.05) is 11.1 Å². The number of benzene rings is 1. The van der Waals surface area contributed by atoms with Gasteiger partial charge in [0.1, 0.15) is 0 Å². The predicted molar refractivity (Wildman–Crippen MR) is 52.4 cm³/mol. The Morgan fingerprint density at radius 3 is 3.00 bits per heavy atom. The maximum Gasteiger partial charge on any atom is 0.224 e. The highest BCUT2D eigenvalue weighted by atomic mass is 16.1. The molecule has 1 amide bonds. The van der Waals surface area contributed by atoms with E-state index in [9.17, 15) is 4.79 Å². The van der Waals surface area contributed by atoms with Crippen LogP contribution in [0.2, 0.25) is 0 Å². The first-order chi connectivity index (χ1) is 6.27. The first kappa shape index (κ1) is 8.10. The molecule has 13 heavy (non-hydrogen) atoms. The van der Waals surface area contributed by atoms with Crippen LogP contribution in [0.4, 0.5) is 11.4 Å².